The second kappa shape index (κ2) is 10.9. The monoisotopic (exact) mass is 496 g/mol. The largest absolute Gasteiger partial charge is 0.443 e. The normalized spacial score (nSPS) is 11.5. The molecule has 0 bridgehead atoms. The van der Waals surface area contributed by atoms with E-state index in [4.69, 9.17) is 4.74 Å². The lowest BCUT2D eigenvalue weighted by Gasteiger charge is -2.23. The van der Waals surface area contributed by atoms with Gasteiger partial charge in [-0.3, -0.25) is 14.6 Å². The number of carbonyl (C=O) groups excluding carboxylic acids is 2. The topological polar surface area (TPSA) is 75.6 Å². The van der Waals surface area contributed by atoms with Crippen molar-refractivity contribution in [3.05, 3.63) is 90.0 Å². The summed E-state index contributed by atoms with van der Waals surface area (Å²) >= 11 is 0. The van der Waals surface area contributed by atoms with Crippen molar-refractivity contribution in [3.63, 3.8) is 0 Å². The highest BCUT2D eigenvalue weighted by atomic mass is 16.6. The number of nitrogens with zero attached hydrogens (tertiary/aromatic N) is 4. The Balaban J connectivity index is 1.40. The van der Waals surface area contributed by atoms with Gasteiger partial charge in [-0.15, -0.1) is 10.2 Å². The molecule has 0 saturated carbocycles. The maximum absolute atomic E-state index is 12.9. The SMILES string of the molecule is CN(CC(=O)c1ccc2ccccc2c1)Cc1cccc(-c2ccc(N(C)C(=O)OC(C)(C)C)nn2)c1. The fraction of sp³-hybridized carbons (Fsp3) is 0.267. The average Bonchev–Trinajstić information content (AvgIpc) is 2.87. The van der Waals surface area contributed by atoms with Crippen molar-refractivity contribution >= 4 is 28.5 Å². The summed E-state index contributed by atoms with van der Waals surface area (Å²) in [4.78, 5) is 28.5. The summed E-state index contributed by atoms with van der Waals surface area (Å²) in [5, 5.41) is 10.7. The summed E-state index contributed by atoms with van der Waals surface area (Å²) in [6, 6.07) is 25.4. The molecule has 0 atom stereocenters. The van der Waals surface area contributed by atoms with E-state index in [9.17, 15) is 9.59 Å². The molecule has 0 aliphatic carbocycles. The molecule has 0 radical (unpaired) electrons. The highest BCUT2D eigenvalue weighted by Crippen LogP contribution is 2.22. The van der Waals surface area contributed by atoms with Gasteiger partial charge in [0, 0.05) is 24.7 Å². The van der Waals surface area contributed by atoms with Crippen LogP contribution in [0.1, 0.15) is 36.7 Å². The van der Waals surface area contributed by atoms with Crippen LogP contribution < -0.4 is 4.90 Å². The second-order valence-electron chi connectivity index (χ2n) is 10.2. The van der Waals surface area contributed by atoms with Gasteiger partial charge in [-0.1, -0.05) is 54.6 Å². The van der Waals surface area contributed by atoms with E-state index in [-0.39, 0.29) is 5.78 Å². The molecule has 7 heteroatoms. The molecular formula is C30H32N4O3. The Kier molecular flexibility index (Phi) is 7.64. The van der Waals surface area contributed by atoms with Crippen LogP contribution in [0, 0.1) is 0 Å². The molecule has 0 saturated heterocycles. The number of carbonyl (C=O) groups is 2. The van der Waals surface area contributed by atoms with Gasteiger partial charge in [0.15, 0.2) is 11.6 Å². The van der Waals surface area contributed by atoms with Crippen LogP contribution in [0.3, 0.4) is 0 Å². The number of benzene rings is 3. The number of ether oxygens (including phenoxy) is 1. The van der Waals surface area contributed by atoms with Gasteiger partial charge >= 0.3 is 6.09 Å². The number of anilines is 1. The molecule has 0 aliphatic rings. The van der Waals surface area contributed by atoms with E-state index in [2.05, 4.69) is 10.2 Å². The first-order valence-corrected chi connectivity index (χ1v) is 12.2. The summed E-state index contributed by atoms with van der Waals surface area (Å²) < 4.78 is 5.39. The average molecular weight is 497 g/mol. The quantitative estimate of drug-likeness (QED) is 0.293. The molecule has 37 heavy (non-hydrogen) atoms. The summed E-state index contributed by atoms with van der Waals surface area (Å²) in [7, 11) is 3.54. The maximum Gasteiger partial charge on any atom is 0.415 e. The predicted molar refractivity (Wildman–Crippen MR) is 147 cm³/mol. The van der Waals surface area contributed by atoms with Crippen molar-refractivity contribution in [1.29, 1.82) is 0 Å². The molecule has 1 aromatic heterocycles. The van der Waals surface area contributed by atoms with Gasteiger partial charge in [-0.2, -0.15) is 0 Å². The van der Waals surface area contributed by atoms with E-state index < -0.39 is 11.7 Å². The fourth-order valence-corrected chi connectivity index (χ4v) is 3.98. The number of aromatic nitrogens is 2. The molecule has 4 aromatic rings. The summed E-state index contributed by atoms with van der Waals surface area (Å²) in [5.74, 6) is 0.487. The zero-order valence-corrected chi connectivity index (χ0v) is 21.9. The number of likely N-dealkylation sites (N-methyl/N-ethyl adjacent to an activating group) is 1. The third-order valence-corrected chi connectivity index (χ3v) is 5.82. The number of Topliss-reactive ketones (excluding diaryl/α,β-unsaturated/α-hetero) is 1. The van der Waals surface area contributed by atoms with E-state index in [1.54, 1.807) is 13.1 Å². The van der Waals surface area contributed by atoms with Crippen molar-refractivity contribution < 1.29 is 14.3 Å². The predicted octanol–water partition coefficient (Wildman–Crippen LogP) is 5.98. The molecule has 0 aliphatic heterocycles. The summed E-state index contributed by atoms with van der Waals surface area (Å²) in [5.41, 5.74) is 2.78. The fourth-order valence-electron chi connectivity index (χ4n) is 3.98. The van der Waals surface area contributed by atoms with Crippen molar-refractivity contribution in [2.75, 3.05) is 25.5 Å². The van der Waals surface area contributed by atoms with E-state index in [1.165, 1.54) is 4.90 Å². The Labute approximate surface area is 217 Å². The van der Waals surface area contributed by atoms with Crippen molar-refractivity contribution in [3.8, 4) is 11.3 Å². The Morgan fingerprint density at radius 3 is 2.30 bits per heavy atom. The standard InChI is InChI=1S/C30H32N4O3/c1-30(2,3)37-29(36)34(5)28-16-15-26(31-32-28)24-12-8-9-21(17-24)19-33(4)20-27(35)25-14-13-22-10-6-7-11-23(22)18-25/h6-18H,19-20H2,1-5H3. The lowest BCUT2D eigenvalue weighted by atomic mass is 10.0. The van der Waals surface area contributed by atoms with Crippen LogP contribution >= 0.6 is 0 Å². The summed E-state index contributed by atoms with van der Waals surface area (Å²) in [6.45, 7) is 6.37. The number of hydrogen-bond donors (Lipinski definition) is 0. The Morgan fingerprint density at radius 1 is 0.838 bits per heavy atom. The molecule has 0 unspecified atom stereocenters. The minimum atomic E-state index is -0.591. The van der Waals surface area contributed by atoms with E-state index in [0.29, 0.717) is 30.2 Å². The van der Waals surface area contributed by atoms with Crippen LogP contribution in [0.25, 0.3) is 22.0 Å². The molecule has 1 amide bonds. The van der Waals surface area contributed by atoms with Gasteiger partial charge in [-0.25, -0.2) is 4.79 Å². The van der Waals surface area contributed by atoms with Gasteiger partial charge in [0.2, 0.25) is 0 Å². The van der Waals surface area contributed by atoms with Crippen LogP contribution in [0.2, 0.25) is 0 Å². The number of amides is 1. The molecule has 190 valence electrons. The number of fused-ring (bicyclic) bond motifs is 1. The Bertz CT molecular complexity index is 1410. The molecule has 1 heterocycles. The van der Waals surface area contributed by atoms with E-state index in [1.807, 2.05) is 106 Å². The van der Waals surface area contributed by atoms with Gasteiger partial charge in [-0.05, 0) is 68.4 Å². The maximum atomic E-state index is 12.9. The second-order valence-corrected chi connectivity index (χ2v) is 10.2. The third-order valence-electron chi connectivity index (χ3n) is 5.82. The molecule has 0 N–H and O–H groups in total. The van der Waals surface area contributed by atoms with Gasteiger partial charge in [0.1, 0.15) is 5.60 Å². The van der Waals surface area contributed by atoms with Gasteiger partial charge in [0.05, 0.1) is 12.2 Å². The zero-order chi connectivity index (χ0) is 26.6. The number of ketones is 1. The van der Waals surface area contributed by atoms with Gasteiger partial charge in [0.25, 0.3) is 0 Å². The number of hydrogen-bond acceptors (Lipinski definition) is 6. The minimum absolute atomic E-state index is 0.0833. The molecule has 3 aromatic carbocycles. The van der Waals surface area contributed by atoms with Crippen molar-refractivity contribution in [1.82, 2.24) is 15.1 Å². The van der Waals surface area contributed by atoms with Crippen LogP contribution in [-0.2, 0) is 11.3 Å². The van der Waals surface area contributed by atoms with Crippen LogP contribution in [0.5, 0.6) is 0 Å². The first-order valence-electron chi connectivity index (χ1n) is 12.2. The van der Waals surface area contributed by atoms with E-state index >= 15 is 0 Å². The van der Waals surface area contributed by atoms with Crippen LogP contribution in [-0.4, -0.2) is 53.2 Å². The Morgan fingerprint density at radius 2 is 1.59 bits per heavy atom. The molecule has 4 rings (SSSR count). The minimum Gasteiger partial charge on any atom is -0.443 e. The molecular weight excluding hydrogens is 464 g/mol. The van der Waals surface area contributed by atoms with E-state index in [0.717, 1.165) is 21.9 Å². The lowest BCUT2D eigenvalue weighted by molar-refractivity contribution is 0.0588. The Hall–Kier alpha value is -4.10. The first kappa shape index (κ1) is 26.0. The number of rotatable bonds is 7. The highest BCUT2D eigenvalue weighted by molar-refractivity contribution is 6.01. The third kappa shape index (κ3) is 6.77. The summed E-state index contributed by atoms with van der Waals surface area (Å²) in [6.07, 6.45) is -0.488. The zero-order valence-electron chi connectivity index (χ0n) is 21.9. The van der Waals surface area contributed by atoms with Gasteiger partial charge < -0.3 is 4.74 Å². The smallest absolute Gasteiger partial charge is 0.415 e. The lowest BCUT2D eigenvalue weighted by Crippen LogP contribution is -2.34. The molecule has 7 nitrogen and oxygen atoms in total. The van der Waals surface area contributed by atoms with Crippen LogP contribution in [0.4, 0.5) is 10.6 Å². The molecule has 0 fully saturated rings. The first-order chi connectivity index (χ1) is 17.6. The van der Waals surface area contributed by atoms with Crippen molar-refractivity contribution in [2.45, 2.75) is 32.9 Å². The molecule has 0 spiro atoms. The highest BCUT2D eigenvalue weighted by Gasteiger charge is 2.21. The van der Waals surface area contributed by atoms with Crippen molar-refractivity contribution in [2.24, 2.45) is 0 Å². The van der Waals surface area contributed by atoms with Crippen LogP contribution in [0.15, 0.2) is 78.9 Å².